The molecule has 0 aromatic heterocycles. The van der Waals surface area contributed by atoms with Crippen molar-refractivity contribution in [3.05, 3.63) is 35.4 Å². The normalized spacial score (nSPS) is 26.1. The molecule has 2 unspecified atom stereocenters. The van der Waals surface area contributed by atoms with Gasteiger partial charge in [0.25, 0.3) is 0 Å². The van der Waals surface area contributed by atoms with E-state index in [1.165, 1.54) is 17.5 Å². The number of piperidine rings is 1. The Bertz CT molecular complexity index is 503. The number of fused-ring (bicyclic) bond motifs is 1. The van der Waals surface area contributed by atoms with Gasteiger partial charge in [-0.25, -0.2) is 0 Å². The zero-order valence-corrected chi connectivity index (χ0v) is 12.8. The highest BCUT2D eigenvalue weighted by Gasteiger charge is 2.28. The predicted molar refractivity (Wildman–Crippen MR) is 84.2 cm³/mol. The zero-order chi connectivity index (χ0) is 14.7. The fraction of sp³-hybridized carbons (Fsp3) is 0.588. The van der Waals surface area contributed by atoms with Gasteiger partial charge in [0, 0.05) is 25.7 Å². The number of benzene rings is 1. The molecule has 4 nitrogen and oxygen atoms in total. The summed E-state index contributed by atoms with van der Waals surface area (Å²) in [5.74, 6) is 0.129. The van der Waals surface area contributed by atoms with Gasteiger partial charge in [0.2, 0.25) is 5.91 Å². The minimum Gasteiger partial charge on any atom is -0.352 e. The maximum Gasteiger partial charge on any atom is 0.229 e. The van der Waals surface area contributed by atoms with Crippen LogP contribution in [0.5, 0.6) is 0 Å². The van der Waals surface area contributed by atoms with Gasteiger partial charge < -0.3 is 15.5 Å². The van der Waals surface area contributed by atoms with Crippen molar-refractivity contribution in [3.8, 4) is 0 Å². The van der Waals surface area contributed by atoms with Crippen LogP contribution in [0.2, 0.25) is 0 Å². The first-order valence-corrected chi connectivity index (χ1v) is 8.09. The minimum atomic E-state index is -0.0491. The highest BCUT2D eigenvalue weighted by molar-refractivity contribution is 5.85. The van der Waals surface area contributed by atoms with E-state index in [-0.39, 0.29) is 11.8 Å². The first-order chi connectivity index (χ1) is 10.3. The highest BCUT2D eigenvalue weighted by atomic mass is 16.2. The summed E-state index contributed by atoms with van der Waals surface area (Å²) in [6, 6.07) is 8.59. The second-order valence-corrected chi connectivity index (χ2v) is 6.12. The van der Waals surface area contributed by atoms with Crippen molar-refractivity contribution in [2.45, 2.75) is 38.3 Å². The number of amides is 1. The molecular weight excluding hydrogens is 262 g/mol. The lowest BCUT2D eigenvalue weighted by Crippen LogP contribution is -2.50. The van der Waals surface area contributed by atoms with Crippen LogP contribution in [-0.4, -0.2) is 43.0 Å². The average Bonchev–Trinajstić information content (AvgIpc) is 2.54. The number of hydrogen-bond donors (Lipinski definition) is 2. The van der Waals surface area contributed by atoms with E-state index < -0.39 is 0 Å². The molecule has 4 heteroatoms. The summed E-state index contributed by atoms with van der Waals surface area (Å²) in [4.78, 5) is 15.1. The average molecular weight is 287 g/mol. The second-order valence-electron chi connectivity index (χ2n) is 6.12. The molecule has 114 valence electrons. The Hall–Kier alpha value is -1.39. The van der Waals surface area contributed by atoms with Crippen LogP contribution in [0.3, 0.4) is 0 Å². The van der Waals surface area contributed by atoms with Crippen molar-refractivity contribution in [2.24, 2.45) is 0 Å². The molecule has 1 saturated heterocycles. The van der Waals surface area contributed by atoms with Gasteiger partial charge in [0.05, 0.1) is 5.92 Å². The fourth-order valence-electron chi connectivity index (χ4n) is 3.49. The summed E-state index contributed by atoms with van der Waals surface area (Å²) in [5, 5.41) is 6.63. The third kappa shape index (κ3) is 3.27. The van der Waals surface area contributed by atoms with Crippen molar-refractivity contribution in [2.75, 3.05) is 26.2 Å². The molecular formula is C17H25N3O. The first-order valence-electron chi connectivity index (χ1n) is 8.09. The summed E-state index contributed by atoms with van der Waals surface area (Å²) >= 11 is 0. The van der Waals surface area contributed by atoms with Crippen LogP contribution in [0.4, 0.5) is 0 Å². The van der Waals surface area contributed by atoms with Gasteiger partial charge in [-0.15, -0.1) is 0 Å². The number of nitrogens with one attached hydrogen (secondary N) is 2. The van der Waals surface area contributed by atoms with Gasteiger partial charge in [-0.1, -0.05) is 31.2 Å². The molecule has 1 aromatic carbocycles. The molecule has 2 N–H and O–H groups in total. The molecule has 0 aliphatic carbocycles. The Kier molecular flexibility index (Phi) is 4.56. The topological polar surface area (TPSA) is 44.4 Å². The minimum absolute atomic E-state index is 0.0491. The van der Waals surface area contributed by atoms with Gasteiger partial charge in [-0.05, 0) is 37.1 Å². The van der Waals surface area contributed by atoms with Gasteiger partial charge in [0.15, 0.2) is 0 Å². The van der Waals surface area contributed by atoms with E-state index >= 15 is 0 Å². The zero-order valence-electron chi connectivity index (χ0n) is 12.8. The Balaban J connectivity index is 1.66. The molecule has 1 aromatic rings. The van der Waals surface area contributed by atoms with E-state index in [9.17, 15) is 4.79 Å². The van der Waals surface area contributed by atoms with Crippen molar-refractivity contribution in [3.63, 3.8) is 0 Å². The van der Waals surface area contributed by atoms with E-state index in [1.54, 1.807) is 0 Å². The van der Waals surface area contributed by atoms with Crippen molar-refractivity contribution >= 4 is 5.91 Å². The van der Waals surface area contributed by atoms with Crippen molar-refractivity contribution in [1.82, 2.24) is 15.5 Å². The molecule has 0 saturated carbocycles. The van der Waals surface area contributed by atoms with Crippen LogP contribution < -0.4 is 10.6 Å². The maximum absolute atomic E-state index is 12.7. The number of hydrogen-bond acceptors (Lipinski definition) is 3. The molecule has 1 fully saturated rings. The molecule has 2 aliphatic rings. The molecule has 0 radical (unpaired) electrons. The number of rotatable bonds is 3. The lowest BCUT2D eigenvalue weighted by atomic mass is 9.90. The van der Waals surface area contributed by atoms with Gasteiger partial charge >= 0.3 is 0 Å². The smallest absolute Gasteiger partial charge is 0.229 e. The van der Waals surface area contributed by atoms with E-state index in [1.807, 2.05) is 12.1 Å². The Labute approximate surface area is 126 Å². The molecule has 0 bridgehead atoms. The fourth-order valence-corrected chi connectivity index (χ4v) is 3.49. The summed E-state index contributed by atoms with van der Waals surface area (Å²) in [7, 11) is 0. The van der Waals surface area contributed by atoms with Crippen LogP contribution in [0.25, 0.3) is 0 Å². The lowest BCUT2D eigenvalue weighted by molar-refractivity contribution is -0.123. The number of likely N-dealkylation sites (tertiary alicyclic amines) is 1. The van der Waals surface area contributed by atoms with Gasteiger partial charge in [-0.2, -0.15) is 0 Å². The van der Waals surface area contributed by atoms with Crippen LogP contribution in [0.15, 0.2) is 24.3 Å². The lowest BCUT2D eigenvalue weighted by Gasteiger charge is -2.34. The number of carbonyl (C=O) groups excluding carboxylic acids is 1. The van der Waals surface area contributed by atoms with E-state index in [4.69, 9.17) is 0 Å². The molecule has 2 aliphatic heterocycles. The number of carbonyl (C=O) groups is 1. The molecule has 21 heavy (non-hydrogen) atoms. The molecule has 1 amide bonds. The van der Waals surface area contributed by atoms with E-state index in [0.29, 0.717) is 6.04 Å². The van der Waals surface area contributed by atoms with E-state index in [0.717, 1.165) is 39.1 Å². The third-order valence-electron chi connectivity index (χ3n) is 4.71. The maximum atomic E-state index is 12.7. The monoisotopic (exact) mass is 287 g/mol. The number of likely N-dealkylation sites (N-methyl/N-ethyl adjacent to an activating group) is 1. The summed E-state index contributed by atoms with van der Waals surface area (Å²) < 4.78 is 0. The second kappa shape index (κ2) is 6.58. The molecule has 0 spiro atoms. The largest absolute Gasteiger partial charge is 0.352 e. The third-order valence-corrected chi connectivity index (χ3v) is 4.71. The summed E-state index contributed by atoms with van der Waals surface area (Å²) in [6.45, 7) is 7.02. The Morgan fingerprint density at radius 3 is 3.14 bits per heavy atom. The molecule has 2 heterocycles. The first kappa shape index (κ1) is 14.5. The van der Waals surface area contributed by atoms with Crippen molar-refractivity contribution in [1.29, 1.82) is 0 Å². The van der Waals surface area contributed by atoms with Gasteiger partial charge in [-0.3, -0.25) is 4.79 Å². The van der Waals surface area contributed by atoms with Crippen LogP contribution >= 0.6 is 0 Å². The predicted octanol–water partition coefficient (Wildman–Crippen LogP) is 1.47. The number of nitrogens with zero attached hydrogens (tertiary/aromatic N) is 1. The quantitative estimate of drug-likeness (QED) is 0.885. The van der Waals surface area contributed by atoms with Crippen LogP contribution in [0.1, 0.15) is 36.8 Å². The summed E-state index contributed by atoms with van der Waals surface area (Å²) in [6.07, 6.45) is 2.28. The van der Waals surface area contributed by atoms with Crippen LogP contribution in [-0.2, 0) is 11.3 Å². The SMILES string of the molecule is CCN1CCCC(NC(=O)C2CNCc3ccccc32)C1. The molecule has 3 rings (SSSR count). The summed E-state index contributed by atoms with van der Waals surface area (Å²) in [5.41, 5.74) is 2.44. The Morgan fingerprint density at radius 1 is 1.43 bits per heavy atom. The van der Waals surface area contributed by atoms with E-state index in [2.05, 4.69) is 34.6 Å². The highest BCUT2D eigenvalue weighted by Crippen LogP contribution is 2.24. The van der Waals surface area contributed by atoms with Crippen molar-refractivity contribution < 1.29 is 4.79 Å². The Morgan fingerprint density at radius 2 is 2.29 bits per heavy atom. The van der Waals surface area contributed by atoms with Gasteiger partial charge in [0.1, 0.15) is 0 Å². The standard InChI is InChI=1S/C17H25N3O/c1-2-20-9-5-7-14(12-20)19-17(21)16-11-18-10-13-6-3-4-8-15(13)16/h3-4,6,8,14,16,18H,2,5,7,9-12H2,1H3,(H,19,21). The van der Waals surface area contributed by atoms with Crippen LogP contribution in [0, 0.1) is 0 Å². The molecule has 2 atom stereocenters.